The minimum atomic E-state index is -1.63. The van der Waals surface area contributed by atoms with E-state index in [2.05, 4.69) is 56.5 Å². The maximum atomic E-state index is 13.4. The second-order valence-corrected chi connectivity index (χ2v) is 18.8. The second kappa shape index (κ2) is 48.0. The lowest BCUT2D eigenvalue weighted by molar-refractivity contribution is -0.305. The molecule has 8 unspecified atom stereocenters. The number of rotatable bonds is 44. The lowest BCUT2D eigenvalue weighted by atomic mass is 9.99. The Morgan fingerprint density at radius 2 is 1.00 bits per heavy atom. The van der Waals surface area contributed by atoms with Gasteiger partial charge in [-0.3, -0.25) is 9.59 Å². The second-order valence-electron chi connectivity index (χ2n) is 18.8. The third kappa shape index (κ3) is 36.1. The van der Waals surface area contributed by atoms with Crippen molar-refractivity contribution >= 4 is 11.9 Å². The molecule has 0 aromatic heterocycles. The van der Waals surface area contributed by atoms with Gasteiger partial charge >= 0.3 is 5.97 Å². The zero-order valence-corrected chi connectivity index (χ0v) is 44.7. The topological polar surface area (TPSA) is 175 Å². The highest BCUT2D eigenvalue weighted by molar-refractivity contribution is 5.80. The van der Waals surface area contributed by atoms with Crippen molar-refractivity contribution in [2.24, 2.45) is 0 Å². The third-order valence-electron chi connectivity index (χ3n) is 12.3. The van der Waals surface area contributed by atoms with E-state index >= 15 is 0 Å². The van der Waals surface area contributed by atoms with Gasteiger partial charge in [0.25, 0.3) is 0 Å². The first-order chi connectivity index (χ1) is 35.2. The molecule has 11 nitrogen and oxygen atoms in total. The van der Waals surface area contributed by atoms with Gasteiger partial charge in [-0.25, -0.2) is 0 Å². The highest BCUT2D eigenvalue weighted by Crippen LogP contribution is 2.26. The molecular weight excluding hydrogens is 907 g/mol. The van der Waals surface area contributed by atoms with Crippen LogP contribution in [0.3, 0.4) is 0 Å². The molecule has 72 heavy (non-hydrogen) atoms. The monoisotopic (exact) mass is 1010 g/mol. The van der Waals surface area contributed by atoms with Crippen LogP contribution in [0.2, 0.25) is 0 Å². The van der Waals surface area contributed by atoms with Gasteiger partial charge in [-0.05, 0) is 64.2 Å². The fourth-order valence-corrected chi connectivity index (χ4v) is 7.92. The number of nitrogens with one attached hydrogen (secondary N) is 1. The lowest BCUT2D eigenvalue weighted by Gasteiger charge is -2.41. The Labute approximate surface area is 436 Å². The highest BCUT2D eigenvalue weighted by atomic mass is 16.7. The van der Waals surface area contributed by atoms with Crippen molar-refractivity contribution in [3.05, 3.63) is 122 Å². The average molecular weight is 1010 g/mol. The van der Waals surface area contributed by atoms with Crippen molar-refractivity contribution < 1.29 is 49.3 Å². The summed E-state index contributed by atoms with van der Waals surface area (Å²) in [5.74, 6) is -1.27. The Morgan fingerprint density at radius 3 is 1.50 bits per heavy atom. The predicted molar refractivity (Wildman–Crippen MR) is 296 cm³/mol. The van der Waals surface area contributed by atoms with Gasteiger partial charge in [0, 0.05) is 6.42 Å². The van der Waals surface area contributed by atoms with Crippen LogP contribution in [0.25, 0.3) is 0 Å². The molecule has 0 saturated carbocycles. The molecule has 1 aliphatic heterocycles. The summed E-state index contributed by atoms with van der Waals surface area (Å²) < 4.78 is 17.5. The summed E-state index contributed by atoms with van der Waals surface area (Å²) in [6, 6.07) is -1.06. The highest BCUT2D eigenvalue weighted by Gasteiger charge is 2.47. The minimum Gasteiger partial charge on any atom is -0.454 e. The number of carbonyl (C=O) groups excluding carboxylic acids is 2. The van der Waals surface area contributed by atoms with Crippen molar-refractivity contribution in [2.75, 3.05) is 13.2 Å². The van der Waals surface area contributed by atoms with E-state index in [1.807, 2.05) is 85.1 Å². The molecule has 1 rings (SSSR count). The van der Waals surface area contributed by atoms with Crippen molar-refractivity contribution in [1.82, 2.24) is 5.32 Å². The summed E-state index contributed by atoms with van der Waals surface area (Å²) in [5.41, 5.74) is 0. The maximum absolute atomic E-state index is 13.4. The van der Waals surface area contributed by atoms with Crippen LogP contribution < -0.4 is 5.32 Å². The molecule has 1 fully saturated rings. The third-order valence-corrected chi connectivity index (χ3v) is 12.3. The average Bonchev–Trinajstić information content (AvgIpc) is 3.38. The first kappa shape index (κ1) is 66.1. The van der Waals surface area contributed by atoms with Crippen LogP contribution >= 0.6 is 0 Å². The zero-order chi connectivity index (χ0) is 52.5. The van der Waals surface area contributed by atoms with Crippen molar-refractivity contribution in [3.63, 3.8) is 0 Å². The quantitative estimate of drug-likeness (QED) is 0.0149. The molecule has 1 amide bonds. The number of carbonyl (C=O) groups is 2. The maximum Gasteiger partial charge on any atom is 0.306 e. The Balaban J connectivity index is 2.80. The Bertz CT molecular complexity index is 1630. The first-order valence-electron chi connectivity index (χ1n) is 27.9. The number of allylic oxidation sites excluding steroid dienone is 19. The first-order valence-corrected chi connectivity index (χ1v) is 27.9. The van der Waals surface area contributed by atoms with E-state index in [4.69, 9.17) is 14.2 Å². The Kier molecular flexibility index (Phi) is 44.1. The summed E-state index contributed by atoms with van der Waals surface area (Å²) in [6.45, 7) is 5.44. The number of ether oxygens (including phenoxy) is 3. The van der Waals surface area contributed by atoms with E-state index in [0.29, 0.717) is 12.8 Å². The normalized spacial score (nSPS) is 20.5. The van der Waals surface area contributed by atoms with Gasteiger partial charge in [-0.15, -0.1) is 0 Å². The van der Waals surface area contributed by atoms with E-state index in [9.17, 15) is 35.1 Å². The van der Waals surface area contributed by atoms with Crippen molar-refractivity contribution in [2.45, 2.75) is 237 Å². The largest absolute Gasteiger partial charge is 0.454 e. The van der Waals surface area contributed by atoms with Crippen LogP contribution in [0.4, 0.5) is 0 Å². The standard InChI is InChI=1S/C61H99NO10/c1-4-7-10-13-16-19-22-25-27-29-30-33-36-39-42-45-48-54(65)60(69)62-52(53(64)47-44-41-38-35-32-24-21-18-15-12-9-6-3)51-70-61-59(58(68)57(67)55(50-63)71-61)72-56(66)49-46-43-40-37-34-31-28-26-23-20-17-14-11-8-5-2/h7-8,10-11,13-14,16-17,19-20,22-23,25,27,29-30,33,36,44,47,52-55,57-59,61,63-65,67-68H,4-6,9,12,15,18,21,24,26,28,31-32,34-35,37-43,45-46,48-51H2,1-3H3,(H,62,69)/b10-7-,11-8+,16-13+,17-14+,22-19+,23-20+,27-25-,30-29+,36-33+,47-44+. The molecule has 0 bridgehead atoms. The molecule has 6 N–H and O–H groups in total. The van der Waals surface area contributed by atoms with Crippen LogP contribution in [0.5, 0.6) is 0 Å². The van der Waals surface area contributed by atoms with E-state index in [0.717, 1.165) is 96.3 Å². The number of hydrogen-bond donors (Lipinski definition) is 6. The molecule has 8 atom stereocenters. The van der Waals surface area contributed by atoms with Gasteiger partial charge in [0.2, 0.25) is 5.91 Å². The molecule has 0 aliphatic carbocycles. The van der Waals surface area contributed by atoms with Gasteiger partial charge in [0.05, 0.1) is 25.4 Å². The van der Waals surface area contributed by atoms with Crippen LogP contribution in [-0.2, 0) is 23.8 Å². The van der Waals surface area contributed by atoms with Crippen molar-refractivity contribution in [1.29, 1.82) is 0 Å². The predicted octanol–water partition coefficient (Wildman–Crippen LogP) is 12.3. The van der Waals surface area contributed by atoms with Gasteiger partial charge < -0.3 is 45.1 Å². The Hall–Kier alpha value is -3.94. The number of aliphatic hydroxyl groups is 5. The summed E-state index contributed by atoms with van der Waals surface area (Å²) >= 11 is 0. The number of unbranched alkanes of at least 4 members (excludes halogenated alkanes) is 19. The Morgan fingerprint density at radius 1 is 0.556 bits per heavy atom. The summed E-state index contributed by atoms with van der Waals surface area (Å²) in [4.78, 5) is 26.4. The van der Waals surface area contributed by atoms with E-state index in [1.54, 1.807) is 6.08 Å². The zero-order valence-electron chi connectivity index (χ0n) is 44.7. The molecule has 1 saturated heterocycles. The van der Waals surface area contributed by atoms with Crippen LogP contribution in [0.1, 0.15) is 188 Å². The number of hydrogen-bond acceptors (Lipinski definition) is 10. The van der Waals surface area contributed by atoms with E-state index < -0.39 is 67.4 Å². The van der Waals surface area contributed by atoms with Crippen molar-refractivity contribution in [3.8, 4) is 0 Å². The van der Waals surface area contributed by atoms with E-state index in [-0.39, 0.29) is 19.4 Å². The van der Waals surface area contributed by atoms with Crippen LogP contribution in [0.15, 0.2) is 122 Å². The van der Waals surface area contributed by atoms with E-state index in [1.165, 1.54) is 44.9 Å². The van der Waals surface area contributed by atoms with Gasteiger partial charge in [-0.2, -0.15) is 0 Å². The summed E-state index contributed by atoms with van der Waals surface area (Å²) in [5, 5.41) is 56.7. The minimum absolute atomic E-state index is 0.0968. The van der Waals surface area contributed by atoms with Crippen LogP contribution in [-0.4, -0.2) is 99.6 Å². The molecule has 1 aliphatic rings. The van der Waals surface area contributed by atoms with Gasteiger partial charge in [0.1, 0.15) is 24.4 Å². The molecular formula is C61H99NO10. The SMILES string of the molecule is CC\C=C/C=C/C=C/C=C\C=C\C=C\CCCCC(O)C(=O)NC(COC1OC(CO)C(O)C(O)C1OC(=O)CCCCCCCCC/C=C/C=C/C=C/CC)C(O)/C=C/CCCCCCCCCCCC. The fourth-order valence-electron chi connectivity index (χ4n) is 7.92. The molecule has 0 spiro atoms. The number of amides is 1. The molecule has 0 aromatic carbocycles. The lowest BCUT2D eigenvalue weighted by Crippen LogP contribution is -2.61. The number of esters is 1. The summed E-state index contributed by atoms with van der Waals surface area (Å²) in [7, 11) is 0. The number of aliphatic hydroxyl groups excluding tert-OH is 5. The molecule has 408 valence electrons. The summed E-state index contributed by atoms with van der Waals surface area (Å²) in [6.07, 6.45) is 55.2. The molecule has 0 radical (unpaired) electrons. The van der Waals surface area contributed by atoms with Crippen LogP contribution in [0, 0.1) is 0 Å². The molecule has 0 aromatic rings. The molecule has 11 heteroatoms. The fraction of sp³-hybridized carbons (Fsp3) is 0.639. The van der Waals surface area contributed by atoms with Gasteiger partial charge in [0.15, 0.2) is 12.4 Å². The molecule has 1 heterocycles. The van der Waals surface area contributed by atoms with Gasteiger partial charge in [-0.1, -0.05) is 239 Å². The smallest absolute Gasteiger partial charge is 0.306 e.